The summed E-state index contributed by atoms with van der Waals surface area (Å²) in [6.45, 7) is 5.17. The largest absolute Gasteiger partial charge is 0.397 e. The normalized spacial score (nSPS) is 11.9. The molecule has 0 spiro atoms. The van der Waals surface area contributed by atoms with Gasteiger partial charge in [-0.3, -0.25) is 4.79 Å². The second-order valence-electron chi connectivity index (χ2n) is 2.65. The van der Waals surface area contributed by atoms with Gasteiger partial charge in [-0.25, -0.2) is 0 Å². The van der Waals surface area contributed by atoms with Crippen LogP contribution in [0.15, 0.2) is 23.0 Å². The van der Waals surface area contributed by atoms with Gasteiger partial charge in [0.1, 0.15) is 0 Å². The van der Waals surface area contributed by atoms with E-state index >= 15 is 0 Å². The van der Waals surface area contributed by atoms with Crippen LogP contribution >= 0.6 is 0 Å². The third-order valence-corrected chi connectivity index (χ3v) is 1.13. The van der Waals surface area contributed by atoms with Crippen LogP contribution in [0.3, 0.4) is 0 Å². The highest BCUT2D eigenvalue weighted by Crippen LogP contribution is 1.98. The van der Waals surface area contributed by atoms with Crippen molar-refractivity contribution >= 4 is 5.78 Å². The molecule has 3 heteroatoms. The lowest BCUT2D eigenvalue weighted by atomic mass is 10.2. The summed E-state index contributed by atoms with van der Waals surface area (Å²) in [5, 5.41) is 0. The first kappa shape index (κ1) is 9.75. The van der Waals surface area contributed by atoms with E-state index in [2.05, 4.69) is 0 Å². The van der Waals surface area contributed by atoms with E-state index in [1.54, 1.807) is 6.08 Å². The van der Waals surface area contributed by atoms with Gasteiger partial charge in [-0.2, -0.15) is 0 Å². The topological polar surface area (TPSA) is 69.1 Å². The van der Waals surface area contributed by atoms with Crippen molar-refractivity contribution < 1.29 is 4.79 Å². The van der Waals surface area contributed by atoms with E-state index in [0.29, 0.717) is 5.70 Å². The number of carbonyl (C=O) groups excluding carboxylic acids is 1. The fourth-order valence-electron chi connectivity index (χ4n) is 0.592. The predicted molar refractivity (Wildman–Crippen MR) is 45.5 cm³/mol. The highest BCUT2D eigenvalue weighted by molar-refractivity contribution is 5.93. The maximum absolute atomic E-state index is 10.7. The van der Waals surface area contributed by atoms with E-state index in [9.17, 15) is 4.79 Å². The monoisotopic (exact) mass is 154 g/mol. The summed E-state index contributed by atoms with van der Waals surface area (Å²) in [5.74, 6) is -0.194. The average molecular weight is 154 g/mol. The SMILES string of the molecule is CC(=O)/C(N)=C(\N)C=C(C)C. The van der Waals surface area contributed by atoms with Crippen LogP contribution in [0.4, 0.5) is 0 Å². The van der Waals surface area contributed by atoms with Crippen molar-refractivity contribution in [1.29, 1.82) is 0 Å². The van der Waals surface area contributed by atoms with Crippen LogP contribution < -0.4 is 11.5 Å². The van der Waals surface area contributed by atoms with E-state index in [-0.39, 0.29) is 11.5 Å². The van der Waals surface area contributed by atoms with Crippen LogP contribution in [0.2, 0.25) is 0 Å². The van der Waals surface area contributed by atoms with E-state index in [0.717, 1.165) is 5.57 Å². The minimum Gasteiger partial charge on any atom is -0.397 e. The second kappa shape index (κ2) is 3.81. The first-order valence-corrected chi connectivity index (χ1v) is 3.36. The van der Waals surface area contributed by atoms with Crippen LogP contribution in [-0.4, -0.2) is 5.78 Å². The Kier molecular flexibility index (Phi) is 3.37. The average Bonchev–Trinajstić information content (AvgIpc) is 1.84. The number of hydrogen-bond donors (Lipinski definition) is 2. The lowest BCUT2D eigenvalue weighted by Crippen LogP contribution is -2.14. The molecule has 0 aromatic rings. The lowest BCUT2D eigenvalue weighted by molar-refractivity contribution is -0.113. The first-order chi connectivity index (χ1) is 4.95. The van der Waals surface area contributed by atoms with E-state index in [4.69, 9.17) is 11.5 Å². The van der Waals surface area contributed by atoms with Crippen LogP contribution in [0, 0.1) is 0 Å². The van der Waals surface area contributed by atoms with Crippen molar-refractivity contribution in [3.05, 3.63) is 23.0 Å². The van der Waals surface area contributed by atoms with Crippen LogP contribution in [0.5, 0.6) is 0 Å². The van der Waals surface area contributed by atoms with Crippen LogP contribution in [-0.2, 0) is 4.79 Å². The summed E-state index contributed by atoms with van der Waals surface area (Å²) in [6.07, 6.45) is 1.68. The van der Waals surface area contributed by atoms with Gasteiger partial charge in [-0.1, -0.05) is 5.57 Å². The number of allylic oxidation sites excluding steroid dienone is 3. The molecule has 0 unspecified atom stereocenters. The minimum absolute atomic E-state index is 0.131. The van der Waals surface area contributed by atoms with Gasteiger partial charge >= 0.3 is 0 Å². The quantitative estimate of drug-likeness (QED) is 0.453. The lowest BCUT2D eigenvalue weighted by Gasteiger charge is -1.98. The molecule has 62 valence electrons. The van der Waals surface area contributed by atoms with Gasteiger partial charge in [-0.15, -0.1) is 0 Å². The minimum atomic E-state index is -0.194. The summed E-state index contributed by atoms with van der Waals surface area (Å²) in [7, 11) is 0. The molecule has 0 saturated heterocycles. The molecule has 0 aromatic heterocycles. The summed E-state index contributed by atoms with van der Waals surface area (Å²) in [4.78, 5) is 10.7. The molecule has 0 aliphatic rings. The van der Waals surface area contributed by atoms with Gasteiger partial charge in [-0.05, 0) is 19.9 Å². The van der Waals surface area contributed by atoms with Gasteiger partial charge in [0.25, 0.3) is 0 Å². The Morgan fingerprint density at radius 3 is 1.91 bits per heavy atom. The molecule has 0 aliphatic heterocycles. The second-order valence-corrected chi connectivity index (χ2v) is 2.65. The first-order valence-electron chi connectivity index (χ1n) is 3.36. The molecule has 0 amide bonds. The molecule has 0 radical (unpaired) electrons. The maximum Gasteiger partial charge on any atom is 0.177 e. The molecule has 0 rings (SSSR count). The molecule has 0 aliphatic carbocycles. The number of ketones is 1. The highest BCUT2D eigenvalue weighted by Gasteiger charge is 2.00. The van der Waals surface area contributed by atoms with Crippen molar-refractivity contribution in [2.75, 3.05) is 0 Å². The molecular weight excluding hydrogens is 140 g/mol. The zero-order valence-electron chi connectivity index (χ0n) is 7.14. The number of Topliss-reactive ketones (excluding diaryl/α,β-unsaturated/α-hetero) is 1. The number of nitrogens with two attached hydrogens (primary N) is 2. The third kappa shape index (κ3) is 3.45. The maximum atomic E-state index is 10.7. The molecular formula is C8H14N2O. The predicted octanol–water partition coefficient (Wildman–Crippen LogP) is 0.671. The zero-order valence-corrected chi connectivity index (χ0v) is 7.14. The molecule has 0 aromatic carbocycles. The Hall–Kier alpha value is -1.25. The van der Waals surface area contributed by atoms with Gasteiger partial charge in [0.15, 0.2) is 5.78 Å². The fourth-order valence-corrected chi connectivity index (χ4v) is 0.592. The standard InChI is InChI=1S/C8H14N2O/c1-5(2)4-7(9)8(10)6(3)11/h4H,9-10H2,1-3H3/b8-7+. The van der Waals surface area contributed by atoms with Crippen molar-refractivity contribution in [1.82, 2.24) is 0 Å². The van der Waals surface area contributed by atoms with E-state index in [1.807, 2.05) is 13.8 Å². The molecule has 0 saturated carbocycles. The number of rotatable bonds is 2. The van der Waals surface area contributed by atoms with Gasteiger partial charge in [0.05, 0.1) is 11.4 Å². The van der Waals surface area contributed by atoms with Crippen LogP contribution in [0.25, 0.3) is 0 Å². The van der Waals surface area contributed by atoms with Crippen molar-refractivity contribution in [3.8, 4) is 0 Å². The molecule has 0 atom stereocenters. The van der Waals surface area contributed by atoms with Gasteiger partial charge < -0.3 is 11.5 Å². The highest BCUT2D eigenvalue weighted by atomic mass is 16.1. The molecule has 0 bridgehead atoms. The summed E-state index contributed by atoms with van der Waals surface area (Å²) in [5.41, 5.74) is 12.3. The van der Waals surface area contributed by atoms with Crippen LogP contribution in [0.1, 0.15) is 20.8 Å². The Bertz CT molecular complexity index is 222. The Balaban J connectivity index is 4.68. The van der Waals surface area contributed by atoms with E-state index < -0.39 is 0 Å². The fraction of sp³-hybridized carbons (Fsp3) is 0.375. The number of carbonyl (C=O) groups is 1. The summed E-state index contributed by atoms with van der Waals surface area (Å²) in [6, 6.07) is 0. The Labute approximate surface area is 66.8 Å². The molecule has 11 heavy (non-hydrogen) atoms. The van der Waals surface area contributed by atoms with Gasteiger partial charge in [0.2, 0.25) is 0 Å². The van der Waals surface area contributed by atoms with Gasteiger partial charge in [0, 0.05) is 6.92 Å². The van der Waals surface area contributed by atoms with Crippen molar-refractivity contribution in [2.24, 2.45) is 11.5 Å². The zero-order chi connectivity index (χ0) is 9.02. The third-order valence-electron chi connectivity index (χ3n) is 1.13. The molecule has 0 fully saturated rings. The van der Waals surface area contributed by atoms with Crippen molar-refractivity contribution in [2.45, 2.75) is 20.8 Å². The molecule has 3 nitrogen and oxygen atoms in total. The smallest absolute Gasteiger partial charge is 0.177 e. The summed E-state index contributed by atoms with van der Waals surface area (Å²) < 4.78 is 0. The molecule has 0 heterocycles. The van der Waals surface area contributed by atoms with Crippen molar-refractivity contribution in [3.63, 3.8) is 0 Å². The molecule has 4 N–H and O–H groups in total. The number of hydrogen-bond acceptors (Lipinski definition) is 3. The summed E-state index contributed by atoms with van der Waals surface area (Å²) >= 11 is 0. The Morgan fingerprint density at radius 2 is 1.64 bits per heavy atom. The van der Waals surface area contributed by atoms with E-state index in [1.165, 1.54) is 6.92 Å². The Morgan fingerprint density at radius 1 is 1.18 bits per heavy atom.